The number of methoxy groups -OCH3 is 1. The Balaban J connectivity index is 1.93. The summed E-state index contributed by atoms with van der Waals surface area (Å²) >= 11 is 0. The summed E-state index contributed by atoms with van der Waals surface area (Å²) in [5, 5.41) is 3.33. The van der Waals surface area contributed by atoms with Crippen LogP contribution in [-0.4, -0.2) is 32.3 Å². The highest BCUT2D eigenvalue weighted by atomic mass is 16.5. The van der Waals surface area contributed by atoms with Gasteiger partial charge >= 0.3 is 11.9 Å². The Bertz CT molecular complexity index is 988. The number of carbonyl (C=O) groups is 2. The molecule has 0 amide bonds. The molecule has 0 saturated heterocycles. The minimum atomic E-state index is -0.433. The molecular formula is C27H31NO5. The number of hydrogen-bond donors (Lipinski definition) is 1. The molecule has 0 atom stereocenters. The van der Waals surface area contributed by atoms with E-state index in [9.17, 15) is 9.59 Å². The molecule has 3 rings (SSSR count). The molecule has 0 saturated carbocycles. The summed E-state index contributed by atoms with van der Waals surface area (Å²) in [6, 6.07) is 16.6. The van der Waals surface area contributed by atoms with Crippen molar-refractivity contribution in [3.05, 3.63) is 65.7 Å². The fourth-order valence-electron chi connectivity index (χ4n) is 3.39. The predicted octanol–water partition coefficient (Wildman–Crippen LogP) is 6.46. The van der Waals surface area contributed by atoms with Gasteiger partial charge in [-0.05, 0) is 66.4 Å². The fourth-order valence-corrected chi connectivity index (χ4v) is 3.39. The molecule has 2 aliphatic carbocycles. The second-order valence-electron chi connectivity index (χ2n) is 7.75. The van der Waals surface area contributed by atoms with E-state index in [2.05, 4.69) is 5.32 Å². The van der Waals surface area contributed by atoms with Gasteiger partial charge in [0.25, 0.3) is 0 Å². The highest BCUT2D eigenvalue weighted by molar-refractivity contribution is 6.08. The second kappa shape index (κ2) is 11.9. The number of unbranched alkanes of at least 4 members (excludes halogenated alkanes) is 2. The molecule has 0 aromatic heterocycles. The molecule has 0 unspecified atom stereocenters. The van der Waals surface area contributed by atoms with E-state index in [0.29, 0.717) is 35.5 Å². The van der Waals surface area contributed by atoms with Crippen molar-refractivity contribution in [2.45, 2.75) is 39.5 Å². The van der Waals surface area contributed by atoms with Gasteiger partial charge in [0, 0.05) is 11.4 Å². The average molecular weight is 450 g/mol. The Morgan fingerprint density at radius 3 is 1.61 bits per heavy atom. The van der Waals surface area contributed by atoms with Gasteiger partial charge in [-0.1, -0.05) is 38.8 Å². The van der Waals surface area contributed by atoms with Crippen molar-refractivity contribution in [1.82, 2.24) is 0 Å². The van der Waals surface area contributed by atoms with E-state index in [-0.39, 0.29) is 0 Å². The number of hydrogen-bond acceptors (Lipinski definition) is 6. The minimum absolute atomic E-state index is 0.349. The van der Waals surface area contributed by atoms with Gasteiger partial charge in [0.1, 0.15) is 5.75 Å². The molecule has 2 aliphatic rings. The van der Waals surface area contributed by atoms with Crippen LogP contribution in [0.2, 0.25) is 0 Å². The molecule has 174 valence electrons. The van der Waals surface area contributed by atoms with Crippen molar-refractivity contribution in [2.24, 2.45) is 0 Å². The maximum atomic E-state index is 12.8. The van der Waals surface area contributed by atoms with Crippen LogP contribution in [0.3, 0.4) is 0 Å². The standard InChI is InChI=1S/C27H31NO5/c1-4-6-16-32-26(29)24-18-25(27(30)33-17-7-5-2)23-15-11-20(10-14-22(23)24)28-19-8-12-21(31-3)13-9-19/h8-15,18,28H,4-7,16-17H2,1-3H3. The number of fused-ring (bicyclic) bond motifs is 1. The normalized spacial score (nSPS) is 10.6. The lowest BCUT2D eigenvalue weighted by Crippen LogP contribution is -2.07. The van der Waals surface area contributed by atoms with Crippen molar-refractivity contribution in [3.63, 3.8) is 0 Å². The molecule has 0 heterocycles. The Labute approximate surface area is 195 Å². The van der Waals surface area contributed by atoms with Crippen LogP contribution < -0.4 is 10.1 Å². The quantitative estimate of drug-likeness (QED) is 0.268. The number of ether oxygens (including phenoxy) is 3. The Hall–Kier alpha value is -3.54. The second-order valence-corrected chi connectivity index (χ2v) is 7.75. The molecule has 0 spiro atoms. The SMILES string of the molecule is CCCCOC(=O)c1cc(C(=O)OCCCC)c2ccc(Nc3ccc(OC)cc3)ccc1-2. The average Bonchev–Trinajstić information content (AvgIpc) is 3.08. The van der Waals surface area contributed by atoms with Crippen molar-refractivity contribution in [1.29, 1.82) is 0 Å². The van der Waals surface area contributed by atoms with E-state index in [4.69, 9.17) is 14.2 Å². The smallest absolute Gasteiger partial charge is 0.338 e. The van der Waals surface area contributed by atoms with E-state index < -0.39 is 11.9 Å². The maximum Gasteiger partial charge on any atom is 0.338 e. The van der Waals surface area contributed by atoms with Crippen LogP contribution in [0.5, 0.6) is 5.75 Å². The topological polar surface area (TPSA) is 73.9 Å². The zero-order valence-electron chi connectivity index (χ0n) is 19.5. The first-order valence-electron chi connectivity index (χ1n) is 11.4. The van der Waals surface area contributed by atoms with Crippen LogP contribution in [0, 0.1) is 0 Å². The third-order valence-electron chi connectivity index (χ3n) is 5.30. The number of benzene rings is 1. The third kappa shape index (κ3) is 6.25. The highest BCUT2D eigenvalue weighted by Crippen LogP contribution is 2.34. The van der Waals surface area contributed by atoms with Gasteiger partial charge in [-0.15, -0.1) is 0 Å². The van der Waals surface area contributed by atoms with E-state index in [0.717, 1.165) is 42.8 Å². The van der Waals surface area contributed by atoms with E-state index >= 15 is 0 Å². The van der Waals surface area contributed by atoms with Crippen molar-refractivity contribution in [3.8, 4) is 16.9 Å². The lowest BCUT2D eigenvalue weighted by molar-refractivity contribution is 0.0499. The predicted molar refractivity (Wildman–Crippen MR) is 130 cm³/mol. The van der Waals surface area contributed by atoms with Crippen molar-refractivity contribution >= 4 is 23.3 Å². The highest BCUT2D eigenvalue weighted by Gasteiger charge is 2.25. The van der Waals surface area contributed by atoms with Crippen LogP contribution in [-0.2, 0) is 9.47 Å². The van der Waals surface area contributed by atoms with Gasteiger partial charge in [0.05, 0.1) is 31.5 Å². The zero-order valence-corrected chi connectivity index (χ0v) is 19.5. The molecule has 1 aromatic rings. The Morgan fingerprint density at radius 2 is 1.18 bits per heavy atom. The van der Waals surface area contributed by atoms with Gasteiger partial charge in [-0.3, -0.25) is 0 Å². The van der Waals surface area contributed by atoms with E-state index in [1.165, 1.54) is 0 Å². The minimum Gasteiger partial charge on any atom is -0.497 e. The number of anilines is 2. The van der Waals surface area contributed by atoms with Gasteiger partial charge in [-0.2, -0.15) is 0 Å². The molecule has 0 radical (unpaired) electrons. The number of nitrogens with one attached hydrogen (secondary N) is 1. The Kier molecular flexibility index (Phi) is 8.70. The molecule has 0 bridgehead atoms. The summed E-state index contributed by atoms with van der Waals surface area (Å²) in [7, 11) is 1.63. The molecule has 1 aromatic carbocycles. The molecule has 33 heavy (non-hydrogen) atoms. The summed E-state index contributed by atoms with van der Waals surface area (Å²) in [4.78, 5) is 25.5. The van der Waals surface area contributed by atoms with Crippen LogP contribution in [0.25, 0.3) is 11.1 Å². The number of carbonyl (C=O) groups excluding carboxylic acids is 2. The monoisotopic (exact) mass is 449 g/mol. The molecular weight excluding hydrogens is 418 g/mol. The first-order chi connectivity index (χ1) is 16.1. The summed E-state index contributed by atoms with van der Waals surface area (Å²) in [5.41, 5.74) is 3.75. The van der Waals surface area contributed by atoms with Gasteiger partial charge < -0.3 is 19.5 Å². The number of esters is 2. The largest absolute Gasteiger partial charge is 0.497 e. The van der Waals surface area contributed by atoms with Crippen LogP contribution in [0.4, 0.5) is 11.4 Å². The Morgan fingerprint density at radius 1 is 0.727 bits per heavy atom. The van der Waals surface area contributed by atoms with Crippen LogP contribution in [0.1, 0.15) is 60.2 Å². The van der Waals surface area contributed by atoms with Crippen molar-refractivity contribution < 1.29 is 23.8 Å². The van der Waals surface area contributed by atoms with Gasteiger partial charge in [0.2, 0.25) is 0 Å². The first-order valence-corrected chi connectivity index (χ1v) is 11.4. The molecule has 1 N–H and O–H groups in total. The van der Waals surface area contributed by atoms with E-state index in [1.807, 2.05) is 62.4 Å². The summed E-state index contributed by atoms with van der Waals surface area (Å²) < 4.78 is 16.1. The van der Waals surface area contributed by atoms with Crippen LogP contribution in [0.15, 0.2) is 54.6 Å². The lowest BCUT2D eigenvalue weighted by atomic mass is 10.1. The summed E-state index contributed by atoms with van der Waals surface area (Å²) in [5.74, 6) is -0.0934. The molecule has 6 nitrogen and oxygen atoms in total. The van der Waals surface area contributed by atoms with E-state index in [1.54, 1.807) is 13.2 Å². The fraction of sp³-hybridized carbons (Fsp3) is 0.333. The van der Waals surface area contributed by atoms with Crippen molar-refractivity contribution in [2.75, 3.05) is 25.6 Å². The number of rotatable bonds is 11. The molecule has 0 aliphatic heterocycles. The van der Waals surface area contributed by atoms with Crippen LogP contribution >= 0.6 is 0 Å². The lowest BCUT2D eigenvalue weighted by Gasteiger charge is -2.06. The summed E-state index contributed by atoms with van der Waals surface area (Å²) in [6.45, 7) is 4.77. The molecule has 0 fully saturated rings. The van der Waals surface area contributed by atoms with Gasteiger partial charge in [0.15, 0.2) is 0 Å². The first kappa shape index (κ1) is 24.1. The third-order valence-corrected chi connectivity index (χ3v) is 5.30. The van der Waals surface area contributed by atoms with Gasteiger partial charge in [-0.25, -0.2) is 9.59 Å². The maximum absolute atomic E-state index is 12.8. The zero-order chi connectivity index (χ0) is 23.6. The summed E-state index contributed by atoms with van der Waals surface area (Å²) in [6.07, 6.45) is 3.44. The molecule has 6 heteroatoms.